The number of carbonyl (C=O) groups is 1. The minimum atomic E-state index is -0.294. The Bertz CT molecular complexity index is 1380. The van der Waals surface area contributed by atoms with Crippen molar-refractivity contribution in [2.75, 3.05) is 50.2 Å². The molecule has 0 atom stereocenters. The van der Waals surface area contributed by atoms with Crippen LogP contribution in [0, 0.1) is 0 Å². The van der Waals surface area contributed by atoms with Crippen molar-refractivity contribution in [2.24, 2.45) is 7.05 Å². The molecule has 3 heterocycles. The maximum atomic E-state index is 12.1. The van der Waals surface area contributed by atoms with Crippen LogP contribution in [0.25, 0.3) is 21.5 Å². The molecule has 0 bridgehead atoms. The molecule has 3 N–H and O–H groups in total. The van der Waals surface area contributed by atoms with Gasteiger partial charge >= 0.3 is 0 Å². The van der Waals surface area contributed by atoms with E-state index in [1.807, 2.05) is 50.1 Å². The third-order valence-electron chi connectivity index (χ3n) is 5.63. The second-order valence-electron chi connectivity index (χ2n) is 8.54. The number of thiophene rings is 1. The predicted molar refractivity (Wildman–Crippen MR) is 149 cm³/mol. The third-order valence-corrected chi connectivity index (χ3v) is 6.55. The Balaban J connectivity index is 1.63. The summed E-state index contributed by atoms with van der Waals surface area (Å²) in [4.78, 5) is 18.8. The Labute approximate surface area is 214 Å². The lowest BCUT2D eigenvalue weighted by Gasteiger charge is -2.18. The fraction of sp³-hybridized carbons (Fsp3) is 0.269. The second kappa shape index (κ2) is 11.2. The van der Waals surface area contributed by atoms with Crippen LogP contribution in [0.2, 0.25) is 0 Å². The number of carbonyl (C=O) groups excluding carboxylic acids is 1. The van der Waals surface area contributed by atoms with Crippen molar-refractivity contribution >= 4 is 50.3 Å². The van der Waals surface area contributed by atoms with Crippen LogP contribution < -0.4 is 20.7 Å². The number of hydrogen-bond donors (Lipinski definition) is 3. The number of fused-ring (bicyclic) bond motifs is 1. The highest BCUT2D eigenvalue weighted by Gasteiger charge is 2.15. The van der Waals surface area contributed by atoms with Crippen LogP contribution in [0.4, 0.5) is 22.9 Å². The number of ether oxygens (including phenoxy) is 1. The van der Waals surface area contributed by atoms with Crippen molar-refractivity contribution in [3.05, 3.63) is 54.6 Å². The largest absolute Gasteiger partial charge is 0.494 e. The molecule has 0 spiro atoms. The maximum Gasteiger partial charge on any atom is 0.247 e. The molecule has 0 aliphatic heterocycles. The lowest BCUT2D eigenvalue weighted by Crippen LogP contribution is -2.17. The van der Waals surface area contributed by atoms with E-state index in [1.54, 1.807) is 24.6 Å². The molecule has 36 heavy (non-hydrogen) atoms. The molecule has 4 aromatic rings. The molecular weight excluding hydrogens is 474 g/mol. The highest BCUT2D eigenvalue weighted by atomic mass is 32.1. The first kappa shape index (κ1) is 25.2. The van der Waals surface area contributed by atoms with Gasteiger partial charge in [0.15, 0.2) is 0 Å². The van der Waals surface area contributed by atoms with Crippen molar-refractivity contribution in [2.45, 2.75) is 6.42 Å². The number of benzene rings is 1. The van der Waals surface area contributed by atoms with Crippen molar-refractivity contribution in [3.8, 4) is 17.0 Å². The summed E-state index contributed by atoms with van der Waals surface area (Å²) >= 11 is 1.66. The molecule has 0 radical (unpaired) electrons. The summed E-state index contributed by atoms with van der Waals surface area (Å²) in [5, 5.41) is 16.4. The van der Waals surface area contributed by atoms with E-state index in [-0.39, 0.29) is 5.91 Å². The third kappa shape index (κ3) is 5.67. The van der Waals surface area contributed by atoms with Gasteiger partial charge in [-0.1, -0.05) is 6.58 Å². The van der Waals surface area contributed by atoms with Crippen molar-refractivity contribution in [1.82, 2.24) is 19.7 Å². The Morgan fingerprint density at radius 3 is 2.81 bits per heavy atom. The zero-order valence-electron chi connectivity index (χ0n) is 21.0. The number of hydrogen-bond acceptors (Lipinski definition) is 8. The number of aromatic nitrogens is 3. The highest BCUT2D eigenvalue weighted by molar-refractivity contribution is 7.17. The number of methoxy groups -OCH3 is 1. The van der Waals surface area contributed by atoms with Crippen LogP contribution in [-0.4, -0.2) is 59.9 Å². The molecule has 1 aromatic carbocycles. The molecule has 0 unspecified atom stereocenters. The summed E-state index contributed by atoms with van der Waals surface area (Å²) in [7, 11) is 7.64. The number of aryl methyl sites for hydroxylation is 1. The van der Waals surface area contributed by atoms with Crippen LogP contribution in [-0.2, 0) is 11.8 Å². The van der Waals surface area contributed by atoms with Crippen LogP contribution in [0.1, 0.15) is 6.42 Å². The number of amides is 1. The first-order chi connectivity index (χ1) is 17.4. The minimum absolute atomic E-state index is 0.294. The minimum Gasteiger partial charge on any atom is -0.494 e. The average Bonchev–Trinajstić information content (AvgIpc) is 3.47. The van der Waals surface area contributed by atoms with Gasteiger partial charge in [-0.15, -0.1) is 11.3 Å². The Kier molecular flexibility index (Phi) is 7.87. The van der Waals surface area contributed by atoms with E-state index in [0.29, 0.717) is 22.9 Å². The molecule has 4 rings (SSSR count). The smallest absolute Gasteiger partial charge is 0.247 e. The van der Waals surface area contributed by atoms with E-state index in [9.17, 15) is 4.79 Å². The summed E-state index contributed by atoms with van der Waals surface area (Å²) < 4.78 is 8.69. The molecule has 0 aliphatic rings. The van der Waals surface area contributed by atoms with Crippen LogP contribution in [0.15, 0.2) is 54.6 Å². The zero-order valence-corrected chi connectivity index (χ0v) is 21.8. The number of rotatable bonds is 11. The van der Waals surface area contributed by atoms with E-state index >= 15 is 0 Å². The Morgan fingerprint density at radius 2 is 2.06 bits per heavy atom. The van der Waals surface area contributed by atoms with Gasteiger partial charge in [0.05, 0.1) is 34.4 Å². The van der Waals surface area contributed by atoms with Crippen molar-refractivity contribution < 1.29 is 9.53 Å². The maximum absolute atomic E-state index is 12.1. The van der Waals surface area contributed by atoms with Crippen LogP contribution in [0.5, 0.6) is 5.75 Å². The van der Waals surface area contributed by atoms with Gasteiger partial charge in [-0.3, -0.25) is 9.48 Å². The SMILES string of the molecule is C=CC(=O)Nc1cc(Nc2cc(-c3nn(C)c4ccsc34)ccn2)c(OC)cc1NCCCN(C)C. The van der Waals surface area contributed by atoms with Gasteiger partial charge in [-0.25, -0.2) is 4.98 Å². The molecule has 3 aromatic heterocycles. The van der Waals surface area contributed by atoms with E-state index in [2.05, 4.69) is 43.9 Å². The van der Waals surface area contributed by atoms with Crippen LogP contribution in [0.3, 0.4) is 0 Å². The number of anilines is 4. The van der Waals surface area contributed by atoms with E-state index < -0.39 is 0 Å². The topological polar surface area (TPSA) is 96.3 Å². The number of nitrogens with zero attached hydrogens (tertiary/aromatic N) is 4. The predicted octanol–water partition coefficient (Wildman–Crippen LogP) is 4.94. The van der Waals surface area contributed by atoms with Crippen molar-refractivity contribution in [1.29, 1.82) is 0 Å². The summed E-state index contributed by atoms with van der Waals surface area (Å²) in [6.45, 7) is 5.27. The summed E-state index contributed by atoms with van der Waals surface area (Å²) in [5.74, 6) is 0.957. The monoisotopic (exact) mass is 505 g/mol. The molecule has 0 saturated carbocycles. The standard InChI is InChI=1S/C26H31N7O2S/c1-6-24(34)30-19-15-20(22(35-5)16-18(19)27-10-7-12-32(2)3)29-23-14-17(8-11-28-23)25-26-21(9-13-36-26)33(4)31-25/h6,8-9,11,13-16,27H,1,7,10,12H2,2-5H3,(H,28,29)(H,30,34). The van der Waals surface area contributed by atoms with Crippen molar-refractivity contribution in [3.63, 3.8) is 0 Å². The molecule has 188 valence electrons. The van der Waals surface area contributed by atoms with Gasteiger partial charge in [0.25, 0.3) is 0 Å². The molecule has 0 aliphatic carbocycles. The summed E-state index contributed by atoms with van der Waals surface area (Å²) in [6.07, 6.45) is 3.95. The molecule has 0 saturated heterocycles. The molecule has 1 amide bonds. The van der Waals surface area contributed by atoms with Gasteiger partial charge in [0.2, 0.25) is 5.91 Å². The lowest BCUT2D eigenvalue weighted by molar-refractivity contribution is -0.111. The van der Waals surface area contributed by atoms with Crippen LogP contribution >= 0.6 is 11.3 Å². The van der Waals surface area contributed by atoms with E-state index in [4.69, 9.17) is 9.84 Å². The Morgan fingerprint density at radius 1 is 1.22 bits per heavy atom. The fourth-order valence-electron chi connectivity index (χ4n) is 3.85. The van der Waals surface area contributed by atoms with E-state index in [0.717, 1.165) is 46.7 Å². The molecule has 10 heteroatoms. The average molecular weight is 506 g/mol. The second-order valence-corrected chi connectivity index (χ2v) is 9.45. The number of nitrogens with one attached hydrogen (secondary N) is 3. The zero-order chi connectivity index (χ0) is 25.7. The van der Waals surface area contributed by atoms with Gasteiger partial charge in [-0.05, 0) is 62.8 Å². The molecular formula is C26H31N7O2S. The first-order valence-corrected chi connectivity index (χ1v) is 12.4. The fourth-order valence-corrected chi connectivity index (χ4v) is 4.78. The van der Waals surface area contributed by atoms with Gasteiger partial charge in [0, 0.05) is 31.4 Å². The quantitative estimate of drug-likeness (QED) is 0.196. The van der Waals surface area contributed by atoms with Gasteiger partial charge < -0.3 is 25.6 Å². The van der Waals surface area contributed by atoms with Gasteiger partial charge in [-0.2, -0.15) is 5.10 Å². The normalized spacial score (nSPS) is 11.0. The summed E-state index contributed by atoms with van der Waals surface area (Å²) in [5.41, 5.74) is 5.02. The highest BCUT2D eigenvalue weighted by Crippen LogP contribution is 2.37. The lowest BCUT2D eigenvalue weighted by atomic mass is 10.1. The molecule has 9 nitrogen and oxygen atoms in total. The summed E-state index contributed by atoms with van der Waals surface area (Å²) in [6, 6.07) is 9.67. The molecule has 0 fully saturated rings. The Hall–Kier alpha value is -3.89. The van der Waals surface area contributed by atoms with Gasteiger partial charge in [0.1, 0.15) is 17.3 Å². The number of pyridine rings is 1. The van der Waals surface area contributed by atoms with E-state index in [1.165, 1.54) is 6.08 Å². The first-order valence-electron chi connectivity index (χ1n) is 11.6.